The molecule has 1 heterocycles. The van der Waals surface area contributed by atoms with Crippen LogP contribution in [-0.4, -0.2) is 9.97 Å². The fourth-order valence-electron chi connectivity index (χ4n) is 1.94. The number of hydrogen-bond acceptors (Lipinski definition) is 2. The summed E-state index contributed by atoms with van der Waals surface area (Å²) in [4.78, 5) is 18.7. The number of halogens is 3. The van der Waals surface area contributed by atoms with E-state index in [2.05, 4.69) is 25.9 Å². The lowest BCUT2D eigenvalue weighted by molar-refractivity contribution is 0.579. The number of aromatic nitrogens is 2. The molecule has 0 radical (unpaired) electrons. The van der Waals surface area contributed by atoms with Crippen molar-refractivity contribution in [2.45, 2.75) is 0 Å². The monoisotopic (exact) mass is 336 g/mol. The highest BCUT2D eigenvalue weighted by Gasteiger charge is 2.13. The Morgan fingerprint density at radius 1 is 1.15 bits per heavy atom. The van der Waals surface area contributed by atoms with E-state index >= 15 is 0 Å². The fraction of sp³-hybridized carbons (Fsp3) is 0. The molecule has 20 heavy (non-hydrogen) atoms. The molecule has 0 saturated carbocycles. The Bertz CT molecular complexity index is 877. The maximum absolute atomic E-state index is 13.5. The van der Waals surface area contributed by atoms with Crippen molar-refractivity contribution in [1.82, 2.24) is 9.97 Å². The van der Waals surface area contributed by atoms with Crippen LogP contribution in [0.2, 0.25) is 0 Å². The Labute approximate surface area is 120 Å². The summed E-state index contributed by atoms with van der Waals surface area (Å²) >= 11 is 3.04. The second-order valence-corrected chi connectivity index (χ2v) is 4.97. The smallest absolute Gasteiger partial charge is 0.259 e. The van der Waals surface area contributed by atoms with E-state index < -0.39 is 11.6 Å². The van der Waals surface area contributed by atoms with Crippen LogP contribution in [0.1, 0.15) is 0 Å². The fourth-order valence-corrected chi connectivity index (χ4v) is 2.36. The zero-order valence-electron chi connectivity index (χ0n) is 9.95. The first kappa shape index (κ1) is 12.9. The van der Waals surface area contributed by atoms with Gasteiger partial charge in [-0.2, -0.15) is 0 Å². The average molecular weight is 337 g/mol. The highest BCUT2D eigenvalue weighted by Crippen LogP contribution is 2.29. The molecule has 0 aliphatic heterocycles. The van der Waals surface area contributed by atoms with Gasteiger partial charge in [0.05, 0.1) is 15.4 Å². The van der Waals surface area contributed by atoms with Crippen molar-refractivity contribution in [3.63, 3.8) is 0 Å². The van der Waals surface area contributed by atoms with Gasteiger partial charge in [-0.05, 0) is 34.1 Å². The van der Waals surface area contributed by atoms with Crippen molar-refractivity contribution >= 4 is 26.8 Å². The molecular weight excluding hydrogens is 330 g/mol. The minimum atomic E-state index is -0.754. The van der Waals surface area contributed by atoms with Gasteiger partial charge in [0.25, 0.3) is 5.56 Å². The summed E-state index contributed by atoms with van der Waals surface area (Å²) < 4.78 is 26.9. The van der Waals surface area contributed by atoms with Gasteiger partial charge >= 0.3 is 0 Å². The molecule has 0 spiro atoms. The molecule has 1 aromatic heterocycles. The number of nitrogens with one attached hydrogen (secondary N) is 1. The molecular formula is C14H7BrF2N2O. The van der Waals surface area contributed by atoms with Crippen LogP contribution in [0.15, 0.2) is 45.7 Å². The molecule has 0 bridgehead atoms. The maximum Gasteiger partial charge on any atom is 0.259 e. The van der Waals surface area contributed by atoms with Crippen LogP contribution in [0.25, 0.3) is 22.3 Å². The molecule has 0 unspecified atom stereocenters. The minimum Gasteiger partial charge on any atom is -0.306 e. The summed E-state index contributed by atoms with van der Waals surface area (Å²) in [5.41, 5.74) is 0.260. The zero-order chi connectivity index (χ0) is 14.3. The Hall–Kier alpha value is -2.08. The Morgan fingerprint density at radius 3 is 2.70 bits per heavy atom. The third-order valence-corrected chi connectivity index (χ3v) is 3.67. The molecule has 0 saturated heterocycles. The lowest BCUT2D eigenvalue weighted by Gasteiger charge is -2.06. The molecule has 3 rings (SSSR count). The lowest BCUT2D eigenvalue weighted by Crippen LogP contribution is -2.09. The van der Waals surface area contributed by atoms with Gasteiger partial charge in [-0.15, -0.1) is 0 Å². The molecule has 0 aliphatic carbocycles. The van der Waals surface area contributed by atoms with Crippen LogP contribution in [0.4, 0.5) is 8.78 Å². The normalized spacial score (nSPS) is 10.9. The van der Waals surface area contributed by atoms with Crippen LogP contribution >= 0.6 is 15.9 Å². The maximum atomic E-state index is 13.5. The summed E-state index contributed by atoms with van der Waals surface area (Å²) in [5.74, 6) is -1.38. The van der Waals surface area contributed by atoms with Crippen LogP contribution in [0, 0.1) is 11.6 Å². The summed E-state index contributed by atoms with van der Waals surface area (Å²) in [6.07, 6.45) is 0. The van der Waals surface area contributed by atoms with Crippen molar-refractivity contribution in [2.75, 3.05) is 0 Å². The Kier molecular flexibility index (Phi) is 3.10. The van der Waals surface area contributed by atoms with Crippen molar-refractivity contribution in [3.8, 4) is 11.4 Å². The number of fused-ring (bicyclic) bond motifs is 1. The molecule has 3 aromatic rings. The molecule has 0 aliphatic rings. The molecule has 0 amide bonds. The van der Waals surface area contributed by atoms with E-state index in [4.69, 9.17) is 0 Å². The van der Waals surface area contributed by atoms with E-state index in [0.717, 1.165) is 12.1 Å². The second kappa shape index (κ2) is 4.79. The predicted molar refractivity (Wildman–Crippen MR) is 75.4 cm³/mol. The molecule has 0 atom stereocenters. The van der Waals surface area contributed by atoms with Gasteiger partial charge in [0.15, 0.2) is 0 Å². The molecule has 6 heteroatoms. The third-order valence-electron chi connectivity index (χ3n) is 2.86. The molecule has 2 aromatic carbocycles. The Morgan fingerprint density at radius 2 is 1.90 bits per heavy atom. The van der Waals surface area contributed by atoms with Crippen molar-refractivity contribution in [3.05, 3.63) is 62.9 Å². The number of benzene rings is 2. The minimum absolute atomic E-state index is 0.0531. The predicted octanol–water partition coefficient (Wildman–Crippen LogP) is 3.63. The standard InChI is InChI=1S/C14H7BrF2N2O/c15-12-9(5-7(16)6-10(12)17)13-18-11-4-2-1-3-8(11)14(20)19-13/h1-6H,(H,18,19,20). The van der Waals surface area contributed by atoms with Gasteiger partial charge in [-0.25, -0.2) is 13.8 Å². The van der Waals surface area contributed by atoms with Gasteiger partial charge in [0, 0.05) is 11.6 Å². The van der Waals surface area contributed by atoms with Crippen LogP contribution in [0.5, 0.6) is 0 Å². The summed E-state index contributed by atoms with van der Waals surface area (Å²) in [5, 5.41) is 0.421. The molecule has 1 N–H and O–H groups in total. The largest absolute Gasteiger partial charge is 0.306 e. The van der Waals surface area contributed by atoms with E-state index in [-0.39, 0.29) is 21.4 Å². The first-order chi connectivity index (χ1) is 9.56. The van der Waals surface area contributed by atoms with Crippen LogP contribution < -0.4 is 5.56 Å². The molecule has 100 valence electrons. The van der Waals surface area contributed by atoms with Gasteiger partial charge in [-0.1, -0.05) is 12.1 Å². The number of aromatic amines is 1. The van der Waals surface area contributed by atoms with Gasteiger partial charge in [-0.3, -0.25) is 4.79 Å². The quantitative estimate of drug-likeness (QED) is 0.689. The number of hydrogen-bond donors (Lipinski definition) is 1. The number of nitrogens with zero attached hydrogens (tertiary/aromatic N) is 1. The van der Waals surface area contributed by atoms with E-state index in [1.165, 1.54) is 0 Å². The van der Waals surface area contributed by atoms with Crippen molar-refractivity contribution in [2.24, 2.45) is 0 Å². The lowest BCUT2D eigenvalue weighted by atomic mass is 10.2. The summed E-state index contributed by atoms with van der Waals surface area (Å²) in [7, 11) is 0. The second-order valence-electron chi connectivity index (χ2n) is 4.18. The van der Waals surface area contributed by atoms with Crippen molar-refractivity contribution in [1.29, 1.82) is 0 Å². The first-order valence-corrected chi connectivity index (χ1v) is 6.49. The van der Waals surface area contributed by atoms with E-state index in [1.54, 1.807) is 24.3 Å². The van der Waals surface area contributed by atoms with E-state index in [9.17, 15) is 13.6 Å². The highest BCUT2D eigenvalue weighted by molar-refractivity contribution is 9.10. The van der Waals surface area contributed by atoms with Crippen LogP contribution in [-0.2, 0) is 0 Å². The van der Waals surface area contributed by atoms with E-state index in [0.29, 0.717) is 10.9 Å². The third kappa shape index (κ3) is 2.12. The summed E-state index contributed by atoms with van der Waals surface area (Å²) in [6.45, 7) is 0. The molecule has 3 nitrogen and oxygen atoms in total. The zero-order valence-corrected chi connectivity index (χ0v) is 11.5. The van der Waals surface area contributed by atoms with E-state index in [1.807, 2.05) is 0 Å². The van der Waals surface area contributed by atoms with Gasteiger partial charge < -0.3 is 4.98 Å². The van der Waals surface area contributed by atoms with Crippen molar-refractivity contribution < 1.29 is 8.78 Å². The van der Waals surface area contributed by atoms with Gasteiger partial charge in [0.1, 0.15) is 17.5 Å². The van der Waals surface area contributed by atoms with Gasteiger partial charge in [0.2, 0.25) is 0 Å². The number of para-hydroxylation sites is 1. The number of H-pyrrole nitrogens is 1. The topological polar surface area (TPSA) is 45.8 Å². The highest BCUT2D eigenvalue weighted by atomic mass is 79.9. The SMILES string of the molecule is O=c1[nH]c(-c2cc(F)cc(F)c2Br)nc2ccccc12. The number of rotatable bonds is 1. The average Bonchev–Trinajstić information content (AvgIpc) is 2.43. The Balaban J connectivity index is 2.33. The van der Waals surface area contributed by atoms with Crippen LogP contribution in [0.3, 0.4) is 0 Å². The molecule has 0 fully saturated rings. The summed E-state index contributed by atoms with van der Waals surface area (Å²) in [6, 6.07) is 8.62. The first-order valence-electron chi connectivity index (χ1n) is 5.70.